The number of nitrogens with zero attached hydrogens (tertiary/aromatic N) is 2. The van der Waals surface area contributed by atoms with Gasteiger partial charge in [-0.15, -0.1) is 0 Å². The zero-order valence-electron chi connectivity index (χ0n) is 12.7. The first kappa shape index (κ1) is 16.7. The maximum Gasteiger partial charge on any atom is 0.308 e. The maximum absolute atomic E-state index is 12.6. The molecule has 0 radical (unpaired) electrons. The van der Waals surface area contributed by atoms with Crippen molar-refractivity contribution in [2.45, 2.75) is 32.2 Å². The van der Waals surface area contributed by atoms with Gasteiger partial charge in [-0.25, -0.2) is 0 Å². The van der Waals surface area contributed by atoms with Crippen molar-refractivity contribution in [2.75, 3.05) is 33.3 Å². The molecule has 0 aliphatic carbocycles. The Morgan fingerprint density at radius 3 is 2.24 bits per heavy atom. The summed E-state index contributed by atoms with van der Waals surface area (Å²) in [7, 11) is -2.10. The first-order chi connectivity index (χ1) is 9.86. The molecule has 2 atom stereocenters. The number of hydrogen-bond donors (Lipinski definition) is 1. The molecule has 2 aliphatic rings. The van der Waals surface area contributed by atoms with Crippen LogP contribution < -0.4 is 5.73 Å². The minimum absolute atomic E-state index is 0.110. The van der Waals surface area contributed by atoms with Crippen LogP contribution in [0.1, 0.15) is 26.2 Å². The Balaban J connectivity index is 1.97. The fraction of sp³-hybridized carbons (Fsp3) is 0.923. The number of piperidine rings is 2. The molecule has 0 aromatic carbocycles. The summed E-state index contributed by atoms with van der Waals surface area (Å²) in [6.45, 7) is 3.68. The highest BCUT2D eigenvalue weighted by atomic mass is 32.2. The molecule has 122 valence electrons. The van der Waals surface area contributed by atoms with Crippen molar-refractivity contribution in [2.24, 2.45) is 17.6 Å². The normalized spacial score (nSPS) is 30.2. The molecular formula is C13H25N3O4S. The van der Waals surface area contributed by atoms with Crippen LogP contribution in [-0.2, 0) is 19.7 Å². The first-order valence-corrected chi connectivity index (χ1v) is 8.84. The summed E-state index contributed by atoms with van der Waals surface area (Å²) < 4.78 is 32.9. The Kier molecular flexibility index (Phi) is 5.24. The van der Waals surface area contributed by atoms with E-state index in [1.54, 1.807) is 0 Å². The Morgan fingerprint density at radius 1 is 1.14 bits per heavy atom. The predicted molar refractivity (Wildman–Crippen MR) is 78.6 cm³/mol. The average Bonchev–Trinajstić information content (AvgIpc) is 2.49. The van der Waals surface area contributed by atoms with Crippen molar-refractivity contribution in [3.05, 3.63) is 0 Å². The van der Waals surface area contributed by atoms with Gasteiger partial charge >= 0.3 is 5.97 Å². The van der Waals surface area contributed by atoms with Gasteiger partial charge in [0, 0.05) is 32.2 Å². The molecule has 0 saturated carbocycles. The lowest BCUT2D eigenvalue weighted by molar-refractivity contribution is -0.146. The van der Waals surface area contributed by atoms with E-state index in [1.807, 2.05) is 0 Å². The van der Waals surface area contributed by atoms with E-state index in [4.69, 9.17) is 10.5 Å². The average molecular weight is 319 g/mol. The van der Waals surface area contributed by atoms with Gasteiger partial charge in [-0.3, -0.25) is 4.79 Å². The van der Waals surface area contributed by atoms with E-state index in [0.717, 1.165) is 6.42 Å². The number of methoxy groups -OCH3 is 1. The highest BCUT2D eigenvalue weighted by Crippen LogP contribution is 2.25. The van der Waals surface area contributed by atoms with Crippen LogP contribution >= 0.6 is 0 Å². The number of hydrogen-bond acceptors (Lipinski definition) is 5. The highest BCUT2D eigenvalue weighted by Gasteiger charge is 2.37. The quantitative estimate of drug-likeness (QED) is 0.726. The van der Waals surface area contributed by atoms with Crippen LogP contribution in [0.5, 0.6) is 0 Å². The fourth-order valence-corrected chi connectivity index (χ4v) is 4.63. The van der Waals surface area contributed by atoms with Crippen molar-refractivity contribution < 1.29 is 17.9 Å². The standard InChI is InChI=1S/C13H25N3O4S/c1-10-3-6-16(9-12(10)14)21(18,19)15-7-4-11(5-8-15)13(17)20-2/h10-12H,3-9,14H2,1-2H3. The van der Waals surface area contributed by atoms with E-state index in [2.05, 4.69) is 6.92 Å². The molecule has 2 aliphatic heterocycles. The van der Waals surface area contributed by atoms with E-state index >= 15 is 0 Å². The molecule has 0 aromatic heterocycles. The van der Waals surface area contributed by atoms with E-state index < -0.39 is 10.2 Å². The van der Waals surface area contributed by atoms with Crippen molar-refractivity contribution in [3.63, 3.8) is 0 Å². The highest BCUT2D eigenvalue weighted by molar-refractivity contribution is 7.86. The summed E-state index contributed by atoms with van der Waals surface area (Å²) in [5.41, 5.74) is 5.99. The van der Waals surface area contributed by atoms with Gasteiger partial charge in [0.25, 0.3) is 10.2 Å². The third-order valence-electron chi connectivity index (χ3n) is 4.62. The van der Waals surface area contributed by atoms with Crippen molar-refractivity contribution in [3.8, 4) is 0 Å². The molecule has 0 spiro atoms. The minimum atomic E-state index is -3.46. The molecule has 0 amide bonds. The van der Waals surface area contributed by atoms with Gasteiger partial charge in [-0.2, -0.15) is 17.0 Å². The second kappa shape index (κ2) is 6.60. The van der Waals surface area contributed by atoms with Crippen LogP contribution in [0.2, 0.25) is 0 Å². The molecule has 7 nitrogen and oxygen atoms in total. The number of rotatable bonds is 3. The fourth-order valence-electron chi connectivity index (χ4n) is 2.93. The van der Waals surface area contributed by atoms with Crippen LogP contribution in [0.25, 0.3) is 0 Å². The molecule has 2 heterocycles. The summed E-state index contributed by atoms with van der Waals surface area (Å²) in [5.74, 6) is -0.0903. The third-order valence-corrected chi connectivity index (χ3v) is 6.62. The summed E-state index contributed by atoms with van der Waals surface area (Å²) in [6, 6.07) is -0.110. The van der Waals surface area contributed by atoms with Crippen molar-refractivity contribution >= 4 is 16.2 Å². The summed E-state index contributed by atoms with van der Waals surface area (Å²) >= 11 is 0. The monoisotopic (exact) mass is 319 g/mol. The molecule has 2 N–H and O–H groups in total. The van der Waals surface area contributed by atoms with Gasteiger partial charge in [0.15, 0.2) is 0 Å². The van der Waals surface area contributed by atoms with Crippen LogP contribution in [0.15, 0.2) is 0 Å². The maximum atomic E-state index is 12.6. The lowest BCUT2D eigenvalue weighted by Crippen LogP contribution is -2.55. The van der Waals surface area contributed by atoms with Crippen molar-refractivity contribution in [1.29, 1.82) is 0 Å². The van der Waals surface area contributed by atoms with E-state index in [0.29, 0.717) is 44.9 Å². The molecule has 2 unspecified atom stereocenters. The van der Waals surface area contributed by atoms with Gasteiger partial charge in [0.2, 0.25) is 0 Å². The van der Waals surface area contributed by atoms with Crippen molar-refractivity contribution in [1.82, 2.24) is 8.61 Å². The largest absolute Gasteiger partial charge is 0.469 e. The minimum Gasteiger partial charge on any atom is -0.469 e. The Morgan fingerprint density at radius 2 is 1.71 bits per heavy atom. The number of carbonyl (C=O) groups excluding carboxylic acids is 1. The molecule has 2 rings (SSSR count). The van der Waals surface area contributed by atoms with E-state index in [-0.39, 0.29) is 17.9 Å². The second-order valence-corrected chi connectivity index (χ2v) is 7.92. The van der Waals surface area contributed by atoms with Crippen LogP contribution in [-0.4, -0.2) is 62.3 Å². The van der Waals surface area contributed by atoms with Gasteiger partial charge in [0.05, 0.1) is 13.0 Å². The van der Waals surface area contributed by atoms with Gasteiger partial charge in [0.1, 0.15) is 0 Å². The van der Waals surface area contributed by atoms with Crippen LogP contribution in [0, 0.1) is 11.8 Å². The summed E-state index contributed by atoms with van der Waals surface area (Å²) in [6.07, 6.45) is 1.82. The summed E-state index contributed by atoms with van der Waals surface area (Å²) in [5, 5.41) is 0. The summed E-state index contributed by atoms with van der Waals surface area (Å²) in [4.78, 5) is 11.5. The number of nitrogens with two attached hydrogens (primary N) is 1. The van der Waals surface area contributed by atoms with E-state index in [9.17, 15) is 13.2 Å². The number of esters is 1. The Hall–Kier alpha value is -0.700. The third kappa shape index (κ3) is 3.56. The lowest BCUT2D eigenvalue weighted by Gasteiger charge is -2.38. The molecular weight excluding hydrogens is 294 g/mol. The molecule has 21 heavy (non-hydrogen) atoms. The molecule has 2 saturated heterocycles. The Bertz CT molecular complexity index is 474. The molecule has 0 bridgehead atoms. The number of ether oxygens (including phenoxy) is 1. The number of carbonyl (C=O) groups is 1. The van der Waals surface area contributed by atoms with Gasteiger partial charge in [-0.1, -0.05) is 6.92 Å². The predicted octanol–water partition coefficient (Wildman–Crippen LogP) is -0.215. The van der Waals surface area contributed by atoms with Crippen LogP contribution in [0.4, 0.5) is 0 Å². The Labute approximate surface area is 126 Å². The molecule has 8 heteroatoms. The zero-order valence-corrected chi connectivity index (χ0v) is 13.5. The first-order valence-electron chi connectivity index (χ1n) is 7.45. The smallest absolute Gasteiger partial charge is 0.308 e. The SMILES string of the molecule is COC(=O)C1CCN(S(=O)(=O)N2CCC(C)C(N)C2)CC1. The lowest BCUT2D eigenvalue weighted by atomic mass is 9.96. The van der Waals surface area contributed by atoms with E-state index in [1.165, 1.54) is 15.7 Å². The van der Waals surface area contributed by atoms with Gasteiger partial charge < -0.3 is 10.5 Å². The van der Waals surface area contributed by atoms with Crippen LogP contribution in [0.3, 0.4) is 0 Å². The zero-order chi connectivity index (χ0) is 15.6. The second-order valence-electron chi connectivity index (χ2n) is 5.99. The molecule has 2 fully saturated rings. The van der Waals surface area contributed by atoms with Gasteiger partial charge in [-0.05, 0) is 25.2 Å². The topological polar surface area (TPSA) is 92.9 Å². The molecule has 0 aromatic rings.